The molecule has 0 saturated carbocycles. The summed E-state index contributed by atoms with van der Waals surface area (Å²) in [4.78, 5) is 4.08. The summed E-state index contributed by atoms with van der Waals surface area (Å²) in [6.45, 7) is 8.91. The Morgan fingerprint density at radius 1 is 0.947 bits per heavy atom. The van der Waals surface area contributed by atoms with Gasteiger partial charge in [0.2, 0.25) is 0 Å². The van der Waals surface area contributed by atoms with Crippen LogP contribution in [-0.4, -0.2) is 4.98 Å². The van der Waals surface area contributed by atoms with Gasteiger partial charge in [0, 0.05) is 6.20 Å². The number of halogens is 1. The molecule has 1 aromatic carbocycles. The highest BCUT2D eigenvalue weighted by Crippen LogP contribution is 2.36. The van der Waals surface area contributed by atoms with Gasteiger partial charge in [0.25, 0.3) is 0 Å². The zero-order chi connectivity index (χ0) is 14.0. The number of hydrogen-bond donors (Lipinski definition) is 0. The minimum atomic E-state index is 0.487. The second-order valence-electron chi connectivity index (χ2n) is 5.49. The smallest absolute Gasteiger partial charge is 0.129 e. The monoisotopic (exact) mass is 273 g/mol. The van der Waals surface area contributed by atoms with Crippen molar-refractivity contribution >= 4 is 11.6 Å². The highest BCUT2D eigenvalue weighted by atomic mass is 35.5. The van der Waals surface area contributed by atoms with E-state index in [-0.39, 0.29) is 0 Å². The molecule has 0 spiro atoms. The van der Waals surface area contributed by atoms with Gasteiger partial charge in [0.15, 0.2) is 0 Å². The van der Waals surface area contributed by atoms with Crippen molar-refractivity contribution in [1.29, 1.82) is 0 Å². The summed E-state index contributed by atoms with van der Waals surface area (Å²) in [6, 6.07) is 10.6. The van der Waals surface area contributed by atoms with E-state index in [1.54, 1.807) is 6.20 Å². The molecule has 0 aliphatic rings. The van der Waals surface area contributed by atoms with Crippen molar-refractivity contribution in [2.45, 2.75) is 39.5 Å². The van der Waals surface area contributed by atoms with Crippen LogP contribution in [0.1, 0.15) is 50.7 Å². The van der Waals surface area contributed by atoms with Crippen LogP contribution in [0.15, 0.2) is 36.5 Å². The number of hydrogen-bond acceptors (Lipinski definition) is 1. The van der Waals surface area contributed by atoms with Gasteiger partial charge in [0.1, 0.15) is 5.15 Å². The Morgan fingerprint density at radius 3 is 2.00 bits per heavy atom. The summed E-state index contributed by atoms with van der Waals surface area (Å²) in [5, 5.41) is 0.547. The lowest BCUT2D eigenvalue weighted by molar-refractivity contribution is 0.838. The van der Waals surface area contributed by atoms with Crippen LogP contribution in [0.2, 0.25) is 5.15 Å². The van der Waals surface area contributed by atoms with Crippen LogP contribution in [0.5, 0.6) is 0 Å². The molecule has 0 N–H and O–H groups in total. The van der Waals surface area contributed by atoms with Crippen molar-refractivity contribution in [3.63, 3.8) is 0 Å². The molecule has 0 aliphatic carbocycles. The van der Waals surface area contributed by atoms with Gasteiger partial charge in [-0.3, -0.25) is 0 Å². The van der Waals surface area contributed by atoms with Crippen LogP contribution in [0.4, 0.5) is 0 Å². The summed E-state index contributed by atoms with van der Waals surface area (Å²) in [6.07, 6.45) is 1.78. The van der Waals surface area contributed by atoms with Gasteiger partial charge in [-0.25, -0.2) is 4.98 Å². The summed E-state index contributed by atoms with van der Waals surface area (Å²) in [7, 11) is 0. The second kappa shape index (κ2) is 5.75. The van der Waals surface area contributed by atoms with Crippen molar-refractivity contribution < 1.29 is 0 Å². The fraction of sp³-hybridized carbons (Fsp3) is 0.353. The van der Waals surface area contributed by atoms with Crippen LogP contribution in [0.3, 0.4) is 0 Å². The van der Waals surface area contributed by atoms with Crippen LogP contribution >= 0.6 is 11.6 Å². The average Bonchev–Trinajstić information content (AvgIpc) is 2.37. The molecule has 100 valence electrons. The molecule has 2 aromatic rings. The molecule has 0 unspecified atom stereocenters. The van der Waals surface area contributed by atoms with Crippen molar-refractivity contribution in [3.8, 4) is 11.1 Å². The van der Waals surface area contributed by atoms with E-state index >= 15 is 0 Å². The molecule has 2 rings (SSSR count). The maximum atomic E-state index is 6.05. The Labute approximate surface area is 120 Å². The van der Waals surface area contributed by atoms with E-state index in [4.69, 9.17) is 11.6 Å². The maximum absolute atomic E-state index is 6.05. The minimum Gasteiger partial charge on any atom is -0.245 e. The molecule has 2 heteroatoms. The third kappa shape index (κ3) is 2.98. The Bertz CT molecular complexity index is 547. The van der Waals surface area contributed by atoms with Gasteiger partial charge in [-0.05, 0) is 46.2 Å². The number of nitrogens with zero attached hydrogens (tertiary/aromatic N) is 1. The van der Waals surface area contributed by atoms with E-state index in [2.05, 4.69) is 50.9 Å². The molecule has 1 nitrogen and oxygen atoms in total. The van der Waals surface area contributed by atoms with Crippen LogP contribution < -0.4 is 0 Å². The van der Waals surface area contributed by atoms with E-state index in [1.165, 1.54) is 16.7 Å². The summed E-state index contributed by atoms with van der Waals surface area (Å²) in [5.41, 5.74) is 5.21. The van der Waals surface area contributed by atoms with Crippen LogP contribution in [-0.2, 0) is 0 Å². The lowest BCUT2D eigenvalue weighted by Gasteiger charge is -2.19. The van der Waals surface area contributed by atoms with Crippen molar-refractivity contribution in [2.24, 2.45) is 0 Å². The first-order chi connectivity index (χ1) is 9.00. The predicted octanol–water partition coefficient (Wildman–Crippen LogP) is 5.65. The average molecular weight is 274 g/mol. The molecule has 0 atom stereocenters. The highest BCUT2D eigenvalue weighted by molar-refractivity contribution is 6.29. The third-order valence-corrected chi connectivity index (χ3v) is 3.59. The van der Waals surface area contributed by atoms with Gasteiger partial charge in [-0.1, -0.05) is 57.5 Å². The van der Waals surface area contributed by atoms with Crippen LogP contribution in [0.25, 0.3) is 11.1 Å². The first kappa shape index (κ1) is 14.1. The first-order valence-corrected chi connectivity index (χ1v) is 7.13. The fourth-order valence-electron chi connectivity index (χ4n) is 2.44. The molecule has 1 aromatic heterocycles. The molecule has 1 heterocycles. The van der Waals surface area contributed by atoms with Gasteiger partial charge >= 0.3 is 0 Å². The molecule has 0 amide bonds. The van der Waals surface area contributed by atoms with Gasteiger partial charge in [-0.15, -0.1) is 0 Å². The predicted molar refractivity (Wildman–Crippen MR) is 82.9 cm³/mol. The lowest BCUT2D eigenvalue weighted by atomic mass is 9.85. The van der Waals surface area contributed by atoms with Gasteiger partial charge < -0.3 is 0 Å². The molecular weight excluding hydrogens is 254 g/mol. The molecule has 0 saturated heterocycles. The van der Waals surface area contributed by atoms with Crippen molar-refractivity contribution in [3.05, 3.63) is 52.8 Å². The Morgan fingerprint density at radius 2 is 1.53 bits per heavy atom. The highest BCUT2D eigenvalue weighted by Gasteiger charge is 2.15. The number of benzene rings is 1. The maximum Gasteiger partial charge on any atom is 0.129 e. The summed E-state index contributed by atoms with van der Waals surface area (Å²) in [5.74, 6) is 0.973. The second-order valence-corrected chi connectivity index (χ2v) is 5.88. The number of aromatic nitrogens is 1. The lowest BCUT2D eigenvalue weighted by Crippen LogP contribution is -1.99. The van der Waals surface area contributed by atoms with E-state index in [1.807, 2.05) is 12.1 Å². The normalized spacial score (nSPS) is 11.3. The van der Waals surface area contributed by atoms with E-state index in [0.29, 0.717) is 17.0 Å². The minimum absolute atomic E-state index is 0.487. The Kier molecular flexibility index (Phi) is 4.26. The van der Waals surface area contributed by atoms with Gasteiger partial charge in [0.05, 0.1) is 0 Å². The Hall–Kier alpha value is -1.34. The fourth-order valence-corrected chi connectivity index (χ4v) is 2.62. The van der Waals surface area contributed by atoms with Gasteiger partial charge in [-0.2, -0.15) is 0 Å². The van der Waals surface area contributed by atoms with E-state index in [0.717, 1.165) is 5.56 Å². The molecule has 0 radical (unpaired) electrons. The zero-order valence-electron chi connectivity index (χ0n) is 11.9. The third-order valence-electron chi connectivity index (χ3n) is 3.39. The van der Waals surface area contributed by atoms with Crippen molar-refractivity contribution in [2.75, 3.05) is 0 Å². The molecule has 0 bridgehead atoms. The van der Waals surface area contributed by atoms with E-state index in [9.17, 15) is 0 Å². The number of pyridine rings is 1. The van der Waals surface area contributed by atoms with Crippen LogP contribution in [0, 0.1) is 0 Å². The SMILES string of the molecule is CC(C)c1cccc(C(C)C)c1-c1ccnc(Cl)c1. The largest absolute Gasteiger partial charge is 0.245 e. The standard InChI is InChI=1S/C17H20ClN/c1-11(2)14-6-5-7-15(12(3)4)17(14)13-8-9-19-16(18)10-13/h5-12H,1-4H3. The summed E-state index contributed by atoms with van der Waals surface area (Å²) < 4.78 is 0. The molecule has 0 aliphatic heterocycles. The first-order valence-electron chi connectivity index (χ1n) is 6.75. The molecular formula is C17H20ClN. The number of rotatable bonds is 3. The summed E-state index contributed by atoms with van der Waals surface area (Å²) >= 11 is 6.05. The molecule has 19 heavy (non-hydrogen) atoms. The Balaban J connectivity index is 2.71. The van der Waals surface area contributed by atoms with Crippen molar-refractivity contribution in [1.82, 2.24) is 4.98 Å². The zero-order valence-corrected chi connectivity index (χ0v) is 12.7. The topological polar surface area (TPSA) is 12.9 Å². The molecule has 0 fully saturated rings. The van der Waals surface area contributed by atoms with E-state index < -0.39 is 0 Å². The quantitative estimate of drug-likeness (QED) is 0.659.